The lowest BCUT2D eigenvalue weighted by Crippen LogP contribution is -2.63. The number of para-hydroxylation sites is 2. The number of H-pyrrole nitrogens is 1. The average molecular weight is 527 g/mol. The van der Waals surface area contributed by atoms with Crippen molar-refractivity contribution in [3.63, 3.8) is 0 Å². The largest absolute Gasteiger partial charge is 0.329 e. The number of aromatic amines is 1. The summed E-state index contributed by atoms with van der Waals surface area (Å²) in [5.74, 6) is 3.03. The predicted molar refractivity (Wildman–Crippen MR) is 156 cm³/mol. The van der Waals surface area contributed by atoms with Crippen molar-refractivity contribution >= 4 is 11.0 Å². The van der Waals surface area contributed by atoms with Crippen LogP contribution >= 0.6 is 0 Å². The lowest BCUT2D eigenvalue weighted by molar-refractivity contribution is -0.0869. The number of nitrogens with zero attached hydrogens (tertiary/aromatic N) is 3. The summed E-state index contributed by atoms with van der Waals surface area (Å²) in [4.78, 5) is 37.4. The lowest BCUT2D eigenvalue weighted by atomic mass is 9.68. The molecule has 2 aliphatic carbocycles. The average Bonchev–Trinajstić information content (AvgIpc) is 3.10. The van der Waals surface area contributed by atoms with E-state index in [1.165, 1.54) is 51.4 Å². The third-order valence-corrected chi connectivity index (χ3v) is 10.9. The van der Waals surface area contributed by atoms with Crippen molar-refractivity contribution in [3.05, 3.63) is 63.3 Å². The fourth-order valence-corrected chi connectivity index (χ4v) is 9.26. The van der Waals surface area contributed by atoms with Crippen molar-refractivity contribution in [2.24, 2.45) is 23.7 Å². The van der Waals surface area contributed by atoms with Crippen LogP contribution in [0.2, 0.25) is 0 Å². The van der Waals surface area contributed by atoms with E-state index in [0.717, 1.165) is 35.7 Å². The van der Waals surface area contributed by atoms with Gasteiger partial charge in [0, 0.05) is 30.4 Å². The van der Waals surface area contributed by atoms with Crippen LogP contribution in [-0.4, -0.2) is 37.6 Å². The minimum Gasteiger partial charge on any atom is -0.329 e. The standard InChI is InChI=1S/C33H42N4O2/c1-20-14-21(2)30-19-25(18-29(20)36(30)24-16-22-8-3-4-9-23(15-22)17-24)37-28-12-6-5-11-27(28)35-31(33(37)39)26-10-7-13-34-32(26)38/h5-7,10-13,20-25,29-30H,3-4,8-9,14-19H2,1-2H3,(H,34,38)/t20-,21+,22-,23+,24-,25+,29+,30-. The molecule has 6 nitrogen and oxygen atoms in total. The van der Waals surface area contributed by atoms with Gasteiger partial charge in [-0.15, -0.1) is 0 Å². The van der Waals surface area contributed by atoms with Crippen molar-refractivity contribution in [3.8, 4) is 11.3 Å². The Morgan fingerprint density at radius 3 is 2.18 bits per heavy atom. The van der Waals surface area contributed by atoms with Crippen molar-refractivity contribution in [1.29, 1.82) is 0 Å². The number of fused-ring (bicyclic) bond motifs is 5. The Kier molecular flexibility index (Phi) is 6.49. The number of hydrogen-bond acceptors (Lipinski definition) is 4. The van der Waals surface area contributed by atoms with Crippen LogP contribution in [0.5, 0.6) is 0 Å². The maximum absolute atomic E-state index is 14.2. The quantitative estimate of drug-likeness (QED) is 0.444. The van der Waals surface area contributed by atoms with E-state index in [0.29, 0.717) is 35.5 Å². The second-order valence-electron chi connectivity index (χ2n) is 13.3. The zero-order chi connectivity index (χ0) is 26.7. The van der Waals surface area contributed by atoms with E-state index in [1.807, 2.05) is 28.8 Å². The molecule has 0 radical (unpaired) electrons. The van der Waals surface area contributed by atoms with Crippen LogP contribution in [0, 0.1) is 23.7 Å². The van der Waals surface area contributed by atoms with Gasteiger partial charge in [0.15, 0.2) is 0 Å². The zero-order valence-electron chi connectivity index (χ0n) is 23.4. The molecule has 6 heteroatoms. The molecule has 7 rings (SSSR count). The molecule has 4 heterocycles. The van der Waals surface area contributed by atoms with Gasteiger partial charge < -0.3 is 9.55 Å². The van der Waals surface area contributed by atoms with E-state index >= 15 is 0 Å². The molecule has 0 unspecified atom stereocenters. The van der Waals surface area contributed by atoms with Gasteiger partial charge in [0.2, 0.25) is 0 Å². The highest BCUT2D eigenvalue weighted by Gasteiger charge is 2.49. The first-order valence-corrected chi connectivity index (χ1v) is 15.4. The Balaban J connectivity index is 1.30. The molecule has 206 valence electrons. The Morgan fingerprint density at radius 1 is 0.795 bits per heavy atom. The smallest absolute Gasteiger partial charge is 0.278 e. The van der Waals surface area contributed by atoms with Gasteiger partial charge in [-0.1, -0.05) is 51.7 Å². The number of aromatic nitrogens is 3. The number of piperidine rings is 2. The third-order valence-electron chi connectivity index (χ3n) is 10.9. The normalized spacial score (nSPS) is 35.0. The molecule has 0 spiro atoms. The summed E-state index contributed by atoms with van der Waals surface area (Å²) in [5, 5.41) is 0. The first-order chi connectivity index (χ1) is 19.0. The molecule has 2 aliphatic heterocycles. The van der Waals surface area contributed by atoms with Crippen molar-refractivity contribution in [1.82, 2.24) is 19.4 Å². The molecule has 8 atom stereocenters. The molecule has 3 aromatic rings. The number of rotatable bonds is 3. The summed E-state index contributed by atoms with van der Waals surface area (Å²) in [6.07, 6.45) is 14.7. The molecule has 4 aliphatic rings. The first kappa shape index (κ1) is 25.3. The van der Waals surface area contributed by atoms with E-state index in [1.54, 1.807) is 18.3 Å². The van der Waals surface area contributed by atoms with Crippen LogP contribution in [0.1, 0.15) is 84.1 Å². The molecule has 2 saturated carbocycles. The van der Waals surface area contributed by atoms with Gasteiger partial charge in [0.1, 0.15) is 5.69 Å². The van der Waals surface area contributed by atoms with E-state index in [-0.39, 0.29) is 22.9 Å². The molecule has 4 bridgehead atoms. The van der Waals surface area contributed by atoms with Crippen LogP contribution in [0.3, 0.4) is 0 Å². The van der Waals surface area contributed by atoms with Gasteiger partial charge in [-0.2, -0.15) is 0 Å². The summed E-state index contributed by atoms with van der Waals surface area (Å²) in [7, 11) is 0. The fourth-order valence-electron chi connectivity index (χ4n) is 9.26. The lowest BCUT2D eigenvalue weighted by Gasteiger charge is -2.58. The van der Waals surface area contributed by atoms with E-state index < -0.39 is 0 Å². The number of nitrogens with one attached hydrogen (secondary N) is 1. The van der Waals surface area contributed by atoms with Gasteiger partial charge in [-0.05, 0) is 86.5 Å². The SMILES string of the molecule is C[C@@H]1C[C@H](C)[C@H]2C[C@@H](n3c(=O)c(-c4ccc[nH]c4=O)nc4ccccc43)C[C@@H]1N2[C@@H]1C[C@@H]2CCCC[C@@H](C2)C1. The molecule has 4 fully saturated rings. The van der Waals surface area contributed by atoms with Gasteiger partial charge >= 0.3 is 0 Å². The molecule has 2 saturated heterocycles. The topological polar surface area (TPSA) is 71.0 Å². The van der Waals surface area contributed by atoms with Crippen LogP contribution in [-0.2, 0) is 0 Å². The Morgan fingerprint density at radius 2 is 1.49 bits per heavy atom. The van der Waals surface area contributed by atoms with Crippen LogP contribution in [0.4, 0.5) is 0 Å². The highest BCUT2D eigenvalue weighted by molar-refractivity contribution is 5.77. The maximum atomic E-state index is 14.2. The Bertz CT molecular complexity index is 1440. The Hall–Kier alpha value is -2.73. The van der Waals surface area contributed by atoms with E-state index in [2.05, 4.69) is 23.7 Å². The number of pyridine rings is 1. The van der Waals surface area contributed by atoms with E-state index in [9.17, 15) is 9.59 Å². The molecule has 39 heavy (non-hydrogen) atoms. The fraction of sp³-hybridized carbons (Fsp3) is 0.606. The zero-order valence-corrected chi connectivity index (χ0v) is 23.4. The van der Waals surface area contributed by atoms with Crippen molar-refractivity contribution in [2.75, 3.05) is 0 Å². The summed E-state index contributed by atoms with van der Waals surface area (Å²) in [6, 6.07) is 13.2. The second-order valence-corrected chi connectivity index (χ2v) is 13.3. The minimum absolute atomic E-state index is 0.106. The summed E-state index contributed by atoms with van der Waals surface area (Å²) >= 11 is 0. The van der Waals surface area contributed by atoms with Crippen molar-refractivity contribution in [2.45, 2.75) is 102 Å². The highest BCUT2D eigenvalue weighted by Crippen LogP contribution is 2.49. The monoisotopic (exact) mass is 526 g/mol. The van der Waals surface area contributed by atoms with Gasteiger partial charge in [0.25, 0.3) is 11.1 Å². The summed E-state index contributed by atoms with van der Waals surface area (Å²) < 4.78 is 2.02. The minimum atomic E-state index is -0.267. The maximum Gasteiger partial charge on any atom is 0.278 e. The second kappa shape index (κ2) is 10.0. The number of hydrogen-bond donors (Lipinski definition) is 1. The van der Waals surface area contributed by atoms with Crippen LogP contribution in [0.25, 0.3) is 22.3 Å². The molecule has 1 N–H and O–H groups in total. The van der Waals surface area contributed by atoms with Crippen molar-refractivity contribution < 1.29 is 0 Å². The first-order valence-electron chi connectivity index (χ1n) is 15.4. The van der Waals surface area contributed by atoms with Gasteiger partial charge in [0.05, 0.1) is 16.6 Å². The molecule has 1 aromatic carbocycles. The molecular formula is C33H42N4O2. The van der Waals surface area contributed by atoms with Crippen LogP contribution in [0.15, 0.2) is 52.2 Å². The van der Waals surface area contributed by atoms with Crippen LogP contribution < -0.4 is 11.1 Å². The molecular weight excluding hydrogens is 484 g/mol. The summed E-state index contributed by atoms with van der Waals surface area (Å²) in [5.41, 5.74) is 1.88. The Labute approximate surface area is 230 Å². The predicted octanol–water partition coefficient (Wildman–Crippen LogP) is 6.16. The number of benzene rings is 1. The molecule has 0 amide bonds. The van der Waals surface area contributed by atoms with Gasteiger partial charge in [-0.3, -0.25) is 14.5 Å². The van der Waals surface area contributed by atoms with E-state index in [4.69, 9.17) is 4.98 Å². The molecule has 2 aromatic heterocycles. The third kappa shape index (κ3) is 4.39. The summed E-state index contributed by atoms with van der Waals surface area (Å²) in [6.45, 7) is 4.90. The highest BCUT2D eigenvalue weighted by atomic mass is 16.1. The van der Waals surface area contributed by atoms with Gasteiger partial charge in [-0.25, -0.2) is 4.98 Å².